The summed E-state index contributed by atoms with van der Waals surface area (Å²) >= 11 is 0. The number of likely N-dealkylation sites (tertiary alicyclic amines) is 1. The third-order valence-electron chi connectivity index (χ3n) is 3.47. The van der Waals surface area contributed by atoms with E-state index in [4.69, 9.17) is 10.5 Å². The molecule has 100 valence electrons. The van der Waals surface area contributed by atoms with Crippen molar-refractivity contribution in [2.45, 2.75) is 45.6 Å². The first-order valence-electron chi connectivity index (χ1n) is 6.79. The van der Waals surface area contributed by atoms with Crippen LogP contribution in [-0.4, -0.2) is 43.2 Å². The molecule has 0 aromatic carbocycles. The SMILES string of the molecule is CCCCOC(C)C(=O)N1CCC(CN)CC1. The number of rotatable bonds is 6. The predicted octanol–water partition coefficient (Wildman–Crippen LogP) is 1.39. The minimum atomic E-state index is -0.295. The first kappa shape index (κ1) is 14.5. The summed E-state index contributed by atoms with van der Waals surface area (Å²) in [7, 11) is 0. The van der Waals surface area contributed by atoms with Crippen LogP contribution in [0.2, 0.25) is 0 Å². The fraction of sp³-hybridized carbons (Fsp3) is 0.923. The first-order chi connectivity index (χ1) is 8.19. The molecule has 0 spiro atoms. The number of piperidine rings is 1. The average molecular weight is 242 g/mol. The van der Waals surface area contributed by atoms with E-state index in [1.54, 1.807) is 0 Å². The van der Waals surface area contributed by atoms with Gasteiger partial charge in [0.1, 0.15) is 6.10 Å². The Morgan fingerprint density at radius 3 is 2.65 bits per heavy atom. The van der Waals surface area contributed by atoms with Crippen molar-refractivity contribution in [1.82, 2.24) is 4.90 Å². The monoisotopic (exact) mass is 242 g/mol. The Kier molecular flexibility index (Phi) is 6.52. The Labute approximate surface area is 104 Å². The maximum Gasteiger partial charge on any atom is 0.251 e. The van der Waals surface area contributed by atoms with Crippen molar-refractivity contribution < 1.29 is 9.53 Å². The molecule has 0 saturated carbocycles. The molecule has 1 unspecified atom stereocenters. The highest BCUT2D eigenvalue weighted by molar-refractivity contribution is 5.80. The van der Waals surface area contributed by atoms with E-state index in [0.29, 0.717) is 12.5 Å². The first-order valence-corrected chi connectivity index (χ1v) is 6.79. The van der Waals surface area contributed by atoms with E-state index >= 15 is 0 Å². The van der Waals surface area contributed by atoms with Crippen molar-refractivity contribution in [2.24, 2.45) is 11.7 Å². The highest BCUT2D eigenvalue weighted by Crippen LogP contribution is 2.17. The van der Waals surface area contributed by atoms with E-state index < -0.39 is 0 Å². The second kappa shape index (κ2) is 7.67. The number of nitrogens with two attached hydrogens (primary N) is 1. The molecule has 1 amide bonds. The molecule has 0 aromatic rings. The molecule has 0 bridgehead atoms. The Morgan fingerprint density at radius 2 is 2.12 bits per heavy atom. The number of nitrogens with zero attached hydrogens (tertiary/aromatic N) is 1. The molecular formula is C13H26N2O2. The standard InChI is InChI=1S/C13H26N2O2/c1-3-4-9-17-11(2)13(16)15-7-5-12(10-14)6-8-15/h11-12H,3-10,14H2,1-2H3. The van der Waals surface area contributed by atoms with Gasteiger partial charge in [0, 0.05) is 19.7 Å². The topological polar surface area (TPSA) is 55.6 Å². The summed E-state index contributed by atoms with van der Waals surface area (Å²) in [5, 5.41) is 0. The number of hydrogen-bond acceptors (Lipinski definition) is 3. The predicted molar refractivity (Wildman–Crippen MR) is 68.7 cm³/mol. The lowest BCUT2D eigenvalue weighted by atomic mass is 9.97. The number of ether oxygens (including phenoxy) is 1. The van der Waals surface area contributed by atoms with Gasteiger partial charge in [0.05, 0.1) is 0 Å². The van der Waals surface area contributed by atoms with E-state index in [-0.39, 0.29) is 12.0 Å². The lowest BCUT2D eigenvalue weighted by Gasteiger charge is -2.33. The lowest BCUT2D eigenvalue weighted by molar-refractivity contribution is -0.144. The van der Waals surface area contributed by atoms with Gasteiger partial charge in [-0.25, -0.2) is 0 Å². The van der Waals surface area contributed by atoms with Gasteiger partial charge in [-0.15, -0.1) is 0 Å². The van der Waals surface area contributed by atoms with Gasteiger partial charge in [-0.05, 0) is 38.6 Å². The molecule has 0 radical (unpaired) electrons. The Balaban J connectivity index is 2.27. The van der Waals surface area contributed by atoms with Crippen molar-refractivity contribution in [3.63, 3.8) is 0 Å². The summed E-state index contributed by atoms with van der Waals surface area (Å²) in [6.07, 6.45) is 3.89. The van der Waals surface area contributed by atoms with Crippen LogP contribution in [0, 0.1) is 5.92 Å². The molecule has 4 nitrogen and oxygen atoms in total. The zero-order chi connectivity index (χ0) is 12.7. The van der Waals surface area contributed by atoms with Gasteiger partial charge in [-0.2, -0.15) is 0 Å². The highest BCUT2D eigenvalue weighted by atomic mass is 16.5. The molecule has 2 N–H and O–H groups in total. The second-order valence-corrected chi connectivity index (χ2v) is 4.87. The molecule has 1 aliphatic rings. The molecule has 1 rings (SSSR count). The molecule has 4 heteroatoms. The average Bonchev–Trinajstić information content (AvgIpc) is 2.38. The summed E-state index contributed by atoms with van der Waals surface area (Å²) in [5.74, 6) is 0.729. The van der Waals surface area contributed by atoms with Crippen molar-refractivity contribution in [3.8, 4) is 0 Å². The molecular weight excluding hydrogens is 216 g/mol. The number of carbonyl (C=O) groups is 1. The van der Waals surface area contributed by atoms with Crippen molar-refractivity contribution in [1.29, 1.82) is 0 Å². The third kappa shape index (κ3) is 4.64. The van der Waals surface area contributed by atoms with Crippen LogP contribution in [0.1, 0.15) is 39.5 Å². The van der Waals surface area contributed by atoms with E-state index in [0.717, 1.165) is 45.3 Å². The van der Waals surface area contributed by atoms with E-state index in [2.05, 4.69) is 6.92 Å². The molecule has 1 atom stereocenters. The molecule has 17 heavy (non-hydrogen) atoms. The van der Waals surface area contributed by atoms with Gasteiger partial charge in [-0.3, -0.25) is 4.79 Å². The second-order valence-electron chi connectivity index (χ2n) is 4.87. The third-order valence-corrected chi connectivity index (χ3v) is 3.47. The number of amides is 1. The van der Waals surface area contributed by atoms with E-state index in [1.165, 1.54) is 0 Å². The summed E-state index contributed by atoms with van der Waals surface area (Å²) in [4.78, 5) is 14.0. The summed E-state index contributed by atoms with van der Waals surface area (Å²) in [5.41, 5.74) is 5.64. The molecule has 1 heterocycles. The summed E-state index contributed by atoms with van der Waals surface area (Å²) < 4.78 is 5.53. The summed E-state index contributed by atoms with van der Waals surface area (Å²) in [6, 6.07) is 0. The van der Waals surface area contributed by atoms with Crippen molar-refractivity contribution >= 4 is 5.91 Å². The van der Waals surface area contributed by atoms with Gasteiger partial charge < -0.3 is 15.4 Å². The van der Waals surface area contributed by atoms with E-state index in [9.17, 15) is 4.79 Å². The zero-order valence-electron chi connectivity index (χ0n) is 11.2. The Morgan fingerprint density at radius 1 is 1.47 bits per heavy atom. The molecule has 0 aliphatic carbocycles. The molecule has 0 aromatic heterocycles. The van der Waals surface area contributed by atoms with Crippen LogP contribution in [0.15, 0.2) is 0 Å². The van der Waals surface area contributed by atoms with Crippen LogP contribution in [-0.2, 0) is 9.53 Å². The Hall–Kier alpha value is -0.610. The van der Waals surface area contributed by atoms with Crippen LogP contribution in [0.5, 0.6) is 0 Å². The van der Waals surface area contributed by atoms with Crippen LogP contribution in [0.3, 0.4) is 0 Å². The zero-order valence-corrected chi connectivity index (χ0v) is 11.2. The van der Waals surface area contributed by atoms with Gasteiger partial charge in [0.25, 0.3) is 5.91 Å². The fourth-order valence-corrected chi connectivity index (χ4v) is 2.12. The smallest absolute Gasteiger partial charge is 0.251 e. The normalized spacial score (nSPS) is 19.4. The Bertz CT molecular complexity index is 225. The van der Waals surface area contributed by atoms with Crippen LogP contribution in [0.25, 0.3) is 0 Å². The quantitative estimate of drug-likeness (QED) is 0.716. The maximum atomic E-state index is 12.1. The number of carbonyl (C=O) groups excluding carboxylic acids is 1. The molecule has 1 saturated heterocycles. The maximum absolute atomic E-state index is 12.1. The summed E-state index contributed by atoms with van der Waals surface area (Å²) in [6.45, 7) is 7.07. The number of unbranched alkanes of at least 4 members (excludes halogenated alkanes) is 1. The van der Waals surface area contributed by atoms with Crippen molar-refractivity contribution in [2.75, 3.05) is 26.2 Å². The lowest BCUT2D eigenvalue weighted by Crippen LogP contribution is -2.44. The molecule has 1 fully saturated rings. The fourth-order valence-electron chi connectivity index (χ4n) is 2.12. The van der Waals surface area contributed by atoms with Gasteiger partial charge in [0.15, 0.2) is 0 Å². The minimum absolute atomic E-state index is 0.136. The highest BCUT2D eigenvalue weighted by Gasteiger charge is 2.25. The van der Waals surface area contributed by atoms with Crippen LogP contribution >= 0.6 is 0 Å². The van der Waals surface area contributed by atoms with E-state index in [1.807, 2.05) is 11.8 Å². The largest absolute Gasteiger partial charge is 0.369 e. The molecule has 1 aliphatic heterocycles. The van der Waals surface area contributed by atoms with Gasteiger partial charge >= 0.3 is 0 Å². The van der Waals surface area contributed by atoms with Gasteiger partial charge in [0.2, 0.25) is 0 Å². The van der Waals surface area contributed by atoms with Crippen LogP contribution < -0.4 is 5.73 Å². The van der Waals surface area contributed by atoms with Gasteiger partial charge in [-0.1, -0.05) is 13.3 Å². The number of hydrogen-bond donors (Lipinski definition) is 1. The van der Waals surface area contributed by atoms with Crippen molar-refractivity contribution in [3.05, 3.63) is 0 Å². The van der Waals surface area contributed by atoms with Crippen LogP contribution in [0.4, 0.5) is 0 Å². The minimum Gasteiger partial charge on any atom is -0.369 e.